The van der Waals surface area contributed by atoms with E-state index in [1.807, 2.05) is 0 Å². The lowest BCUT2D eigenvalue weighted by molar-refractivity contribution is -0.384. The number of hydrogen-bond acceptors (Lipinski definition) is 8. The van der Waals surface area contributed by atoms with Crippen LogP contribution in [0.15, 0.2) is 52.3 Å². The Morgan fingerprint density at radius 2 is 1.69 bits per heavy atom. The zero-order valence-corrected chi connectivity index (χ0v) is 19.2. The van der Waals surface area contributed by atoms with Crippen LogP contribution in [0.4, 0.5) is 5.69 Å². The summed E-state index contributed by atoms with van der Waals surface area (Å²) < 4.78 is 37.3. The van der Waals surface area contributed by atoms with E-state index in [0.29, 0.717) is 10.6 Å². The number of carbonyl (C=O) groups is 1. The van der Waals surface area contributed by atoms with E-state index in [4.69, 9.17) is 9.47 Å². The SMILES string of the molecule is COCCN(CCOC)S(=O)(=O)c1ccc(SCc2ccc([N+](=O)[O-])cc2)c(C(=O)O)c1. The van der Waals surface area contributed by atoms with Gasteiger partial charge in [-0.25, -0.2) is 13.2 Å². The fourth-order valence-electron chi connectivity index (χ4n) is 2.72. The molecule has 174 valence electrons. The Morgan fingerprint density at radius 1 is 1.09 bits per heavy atom. The number of hydrogen-bond donors (Lipinski definition) is 1. The standard InChI is InChI=1S/C20H24N2O8S2/c1-29-11-9-21(10-12-30-2)32(27,28)17-7-8-19(18(13-17)20(23)24)31-14-15-3-5-16(6-4-15)22(25)26/h3-8,13H,9-12,14H2,1-2H3,(H,23,24). The Morgan fingerprint density at radius 3 is 2.19 bits per heavy atom. The number of thioether (sulfide) groups is 1. The third-order valence-electron chi connectivity index (χ3n) is 4.45. The fraction of sp³-hybridized carbons (Fsp3) is 0.350. The van der Waals surface area contributed by atoms with Crippen LogP contribution in [0, 0.1) is 10.1 Å². The molecular weight excluding hydrogens is 460 g/mol. The van der Waals surface area contributed by atoms with Crippen molar-refractivity contribution >= 4 is 33.4 Å². The average molecular weight is 485 g/mol. The third kappa shape index (κ3) is 6.74. The van der Waals surface area contributed by atoms with Gasteiger partial charge in [-0.05, 0) is 23.8 Å². The molecule has 32 heavy (non-hydrogen) atoms. The highest BCUT2D eigenvalue weighted by Gasteiger charge is 2.26. The first-order chi connectivity index (χ1) is 15.2. The zero-order chi connectivity index (χ0) is 23.7. The van der Waals surface area contributed by atoms with Gasteiger partial charge in [-0.2, -0.15) is 4.31 Å². The van der Waals surface area contributed by atoms with E-state index in [2.05, 4.69) is 0 Å². The van der Waals surface area contributed by atoms with Crippen molar-refractivity contribution < 1.29 is 32.7 Å². The summed E-state index contributed by atoms with van der Waals surface area (Å²) in [6, 6.07) is 9.89. The van der Waals surface area contributed by atoms with Crippen molar-refractivity contribution in [1.82, 2.24) is 4.31 Å². The molecule has 0 heterocycles. The molecule has 0 atom stereocenters. The lowest BCUT2D eigenvalue weighted by Crippen LogP contribution is -2.36. The Labute approximate surface area is 190 Å². The number of nitro benzene ring substituents is 1. The number of carboxylic acid groups (broad SMARTS) is 1. The Kier molecular flexibility index (Phi) is 9.60. The van der Waals surface area contributed by atoms with Crippen LogP contribution in [0.5, 0.6) is 0 Å². The van der Waals surface area contributed by atoms with Crippen molar-refractivity contribution in [3.8, 4) is 0 Å². The third-order valence-corrected chi connectivity index (χ3v) is 7.49. The number of nitrogens with zero attached hydrogens (tertiary/aromatic N) is 2. The van der Waals surface area contributed by atoms with Gasteiger partial charge in [-0.15, -0.1) is 11.8 Å². The van der Waals surface area contributed by atoms with Crippen molar-refractivity contribution in [1.29, 1.82) is 0 Å². The van der Waals surface area contributed by atoms with E-state index in [9.17, 15) is 28.4 Å². The maximum atomic E-state index is 13.1. The van der Waals surface area contributed by atoms with Gasteiger partial charge in [0.25, 0.3) is 5.69 Å². The summed E-state index contributed by atoms with van der Waals surface area (Å²) >= 11 is 1.20. The van der Waals surface area contributed by atoms with Gasteiger partial charge in [0.15, 0.2) is 0 Å². The molecule has 0 fully saturated rings. The lowest BCUT2D eigenvalue weighted by Gasteiger charge is -2.22. The second kappa shape index (κ2) is 11.9. The fourth-order valence-corrected chi connectivity index (χ4v) is 5.14. The molecule has 0 unspecified atom stereocenters. The van der Waals surface area contributed by atoms with E-state index in [1.54, 1.807) is 12.1 Å². The molecule has 2 aromatic carbocycles. The molecule has 0 aliphatic carbocycles. The molecule has 2 aromatic rings. The predicted molar refractivity (Wildman–Crippen MR) is 119 cm³/mol. The largest absolute Gasteiger partial charge is 0.478 e. The first-order valence-corrected chi connectivity index (χ1v) is 11.8. The van der Waals surface area contributed by atoms with Crippen LogP contribution in [0.3, 0.4) is 0 Å². The number of methoxy groups -OCH3 is 2. The Balaban J connectivity index is 2.27. The molecule has 2 rings (SSSR count). The van der Waals surface area contributed by atoms with Gasteiger partial charge in [0.05, 0.1) is 28.6 Å². The zero-order valence-electron chi connectivity index (χ0n) is 17.6. The number of ether oxygens (including phenoxy) is 2. The molecule has 10 nitrogen and oxygen atoms in total. The summed E-state index contributed by atoms with van der Waals surface area (Å²) in [6.07, 6.45) is 0. The van der Waals surface area contributed by atoms with Crippen LogP contribution < -0.4 is 0 Å². The molecular formula is C20H24N2O8S2. The van der Waals surface area contributed by atoms with Crippen LogP contribution in [0.1, 0.15) is 15.9 Å². The van der Waals surface area contributed by atoms with Crippen LogP contribution >= 0.6 is 11.8 Å². The molecule has 0 radical (unpaired) electrons. The van der Waals surface area contributed by atoms with E-state index >= 15 is 0 Å². The van der Waals surface area contributed by atoms with Crippen molar-refractivity contribution in [2.75, 3.05) is 40.5 Å². The second-order valence-corrected chi connectivity index (χ2v) is 9.52. The summed E-state index contributed by atoms with van der Waals surface area (Å²) in [5.41, 5.74) is 0.585. The molecule has 0 bridgehead atoms. The predicted octanol–water partition coefficient (Wildman–Crippen LogP) is 2.87. The summed E-state index contributed by atoms with van der Waals surface area (Å²) in [5.74, 6) is -0.897. The molecule has 0 saturated heterocycles. The van der Waals surface area contributed by atoms with E-state index in [1.165, 1.54) is 54.6 Å². The maximum Gasteiger partial charge on any atom is 0.336 e. The summed E-state index contributed by atoms with van der Waals surface area (Å²) in [5, 5.41) is 20.4. The minimum atomic E-state index is -3.96. The molecule has 0 amide bonds. The lowest BCUT2D eigenvalue weighted by atomic mass is 10.2. The molecule has 0 aliphatic rings. The number of nitro groups is 1. The number of non-ortho nitro benzene ring substituents is 1. The molecule has 1 N–H and O–H groups in total. The highest BCUT2D eigenvalue weighted by Crippen LogP contribution is 2.30. The van der Waals surface area contributed by atoms with Gasteiger partial charge in [-0.3, -0.25) is 10.1 Å². The molecule has 0 aromatic heterocycles. The first kappa shape index (κ1) is 25.7. The molecule has 0 aliphatic heterocycles. The van der Waals surface area contributed by atoms with Crippen molar-refractivity contribution in [2.24, 2.45) is 0 Å². The van der Waals surface area contributed by atoms with Crippen molar-refractivity contribution in [3.05, 3.63) is 63.7 Å². The van der Waals surface area contributed by atoms with Gasteiger partial charge >= 0.3 is 5.97 Å². The van der Waals surface area contributed by atoms with E-state index in [0.717, 1.165) is 11.6 Å². The van der Waals surface area contributed by atoms with Crippen LogP contribution in [0.25, 0.3) is 0 Å². The number of benzene rings is 2. The molecule has 12 heteroatoms. The van der Waals surface area contributed by atoms with Crippen molar-refractivity contribution in [3.63, 3.8) is 0 Å². The number of rotatable bonds is 13. The Hall–Kier alpha value is -2.51. The number of carboxylic acids is 1. The molecule has 0 spiro atoms. The van der Waals surface area contributed by atoms with Gasteiger partial charge in [0.2, 0.25) is 10.0 Å². The quantitative estimate of drug-likeness (QED) is 0.258. The van der Waals surface area contributed by atoms with Gasteiger partial charge in [0, 0.05) is 50.1 Å². The van der Waals surface area contributed by atoms with E-state index < -0.39 is 20.9 Å². The number of sulfonamides is 1. The average Bonchev–Trinajstić information content (AvgIpc) is 2.77. The van der Waals surface area contributed by atoms with Crippen LogP contribution in [-0.4, -0.2) is 69.2 Å². The Bertz CT molecular complexity index is 1030. The summed E-state index contributed by atoms with van der Waals surface area (Å²) in [4.78, 5) is 22.3. The summed E-state index contributed by atoms with van der Waals surface area (Å²) in [7, 11) is -1.04. The first-order valence-electron chi connectivity index (χ1n) is 9.42. The monoisotopic (exact) mass is 484 g/mol. The van der Waals surface area contributed by atoms with Crippen LogP contribution in [0.2, 0.25) is 0 Å². The maximum absolute atomic E-state index is 13.1. The van der Waals surface area contributed by atoms with Gasteiger partial charge in [-0.1, -0.05) is 12.1 Å². The normalized spacial score (nSPS) is 11.6. The minimum absolute atomic E-state index is 0.0361. The van der Waals surface area contributed by atoms with Gasteiger partial charge in [0.1, 0.15) is 0 Å². The topological polar surface area (TPSA) is 136 Å². The second-order valence-electron chi connectivity index (χ2n) is 6.57. The van der Waals surface area contributed by atoms with E-state index in [-0.39, 0.29) is 42.4 Å². The number of aromatic carboxylic acids is 1. The highest BCUT2D eigenvalue weighted by molar-refractivity contribution is 7.98. The van der Waals surface area contributed by atoms with Gasteiger partial charge < -0.3 is 14.6 Å². The summed E-state index contributed by atoms with van der Waals surface area (Å²) in [6.45, 7) is 0.554. The van der Waals surface area contributed by atoms with Crippen molar-refractivity contribution in [2.45, 2.75) is 15.5 Å². The smallest absolute Gasteiger partial charge is 0.336 e. The highest BCUT2D eigenvalue weighted by atomic mass is 32.2. The van der Waals surface area contributed by atoms with Crippen LogP contribution in [-0.2, 0) is 25.2 Å². The molecule has 0 saturated carbocycles. The minimum Gasteiger partial charge on any atom is -0.478 e.